The van der Waals surface area contributed by atoms with E-state index in [1.807, 2.05) is 36.4 Å². The van der Waals surface area contributed by atoms with Gasteiger partial charge in [0.1, 0.15) is 24.7 Å². The van der Waals surface area contributed by atoms with E-state index in [4.69, 9.17) is 9.47 Å². The van der Waals surface area contributed by atoms with Crippen molar-refractivity contribution in [2.24, 2.45) is 0 Å². The number of esters is 1. The van der Waals surface area contributed by atoms with Gasteiger partial charge in [-0.1, -0.05) is 43.0 Å². The minimum atomic E-state index is -0.433. The predicted molar refractivity (Wildman–Crippen MR) is 84.8 cm³/mol. The Morgan fingerprint density at radius 1 is 1.05 bits per heavy atom. The zero-order chi connectivity index (χ0) is 15.9. The number of carbonyl (C=O) groups is 1. The number of para-hydroxylation sites is 2. The molecule has 2 aromatic carbocycles. The molecule has 2 rings (SSSR count). The van der Waals surface area contributed by atoms with Crippen LogP contribution in [0.1, 0.15) is 6.92 Å². The molecule has 0 saturated carbocycles. The highest BCUT2D eigenvalue weighted by Gasteiger charge is 2.09. The summed E-state index contributed by atoms with van der Waals surface area (Å²) in [5.41, 5.74) is 1.83. The molecule has 4 nitrogen and oxygen atoms in total. The van der Waals surface area contributed by atoms with Gasteiger partial charge < -0.3 is 14.6 Å². The highest BCUT2D eigenvalue weighted by molar-refractivity contribution is 5.86. The van der Waals surface area contributed by atoms with Crippen molar-refractivity contribution in [1.29, 1.82) is 0 Å². The van der Waals surface area contributed by atoms with Crippen LogP contribution in [-0.2, 0) is 9.53 Å². The van der Waals surface area contributed by atoms with Crippen LogP contribution < -0.4 is 4.74 Å². The lowest BCUT2D eigenvalue weighted by molar-refractivity contribution is -0.139. The van der Waals surface area contributed by atoms with E-state index in [0.717, 1.165) is 5.56 Å². The van der Waals surface area contributed by atoms with Gasteiger partial charge >= 0.3 is 5.97 Å². The van der Waals surface area contributed by atoms with Crippen LogP contribution in [0.3, 0.4) is 0 Å². The van der Waals surface area contributed by atoms with Crippen LogP contribution in [0.4, 0.5) is 0 Å². The Bertz CT molecular complexity index is 676. The maximum absolute atomic E-state index is 11.3. The first-order valence-electron chi connectivity index (χ1n) is 6.92. The van der Waals surface area contributed by atoms with Gasteiger partial charge in [-0.2, -0.15) is 0 Å². The van der Waals surface area contributed by atoms with Crippen LogP contribution in [0.25, 0.3) is 11.1 Å². The maximum Gasteiger partial charge on any atom is 0.333 e. The van der Waals surface area contributed by atoms with Crippen LogP contribution in [-0.4, -0.2) is 24.3 Å². The number of ether oxygens (including phenoxy) is 2. The van der Waals surface area contributed by atoms with Crippen molar-refractivity contribution >= 4 is 5.97 Å². The van der Waals surface area contributed by atoms with Crippen LogP contribution in [0.15, 0.2) is 60.7 Å². The third kappa shape index (κ3) is 3.88. The Labute approximate surface area is 129 Å². The number of hydrogen-bond donors (Lipinski definition) is 1. The van der Waals surface area contributed by atoms with Gasteiger partial charge in [0.15, 0.2) is 0 Å². The van der Waals surface area contributed by atoms with E-state index in [1.165, 1.54) is 0 Å². The zero-order valence-electron chi connectivity index (χ0n) is 12.4. The first-order chi connectivity index (χ1) is 10.6. The second-order valence-corrected chi connectivity index (χ2v) is 4.78. The fourth-order valence-electron chi connectivity index (χ4n) is 1.93. The molecule has 22 heavy (non-hydrogen) atoms. The molecule has 2 aromatic rings. The van der Waals surface area contributed by atoms with Crippen molar-refractivity contribution in [2.75, 3.05) is 13.2 Å². The standard InChI is InChI=1S/C18H18O4/c1-13(2)18(20)22-12-11-21-17-10-6-4-8-15(17)14-7-3-5-9-16(14)19/h3-10,19H,1,11-12H2,2H3. The molecule has 114 valence electrons. The van der Waals surface area contributed by atoms with Gasteiger partial charge in [-0.25, -0.2) is 4.79 Å². The summed E-state index contributed by atoms with van der Waals surface area (Å²) in [6, 6.07) is 14.4. The molecule has 0 saturated heterocycles. The lowest BCUT2D eigenvalue weighted by Gasteiger charge is -2.12. The van der Waals surface area contributed by atoms with Crippen LogP contribution in [0, 0.1) is 0 Å². The number of benzene rings is 2. The van der Waals surface area contributed by atoms with E-state index in [9.17, 15) is 9.90 Å². The number of hydrogen-bond acceptors (Lipinski definition) is 4. The quantitative estimate of drug-likeness (QED) is 0.503. The second-order valence-electron chi connectivity index (χ2n) is 4.78. The third-order valence-electron chi connectivity index (χ3n) is 3.00. The minimum absolute atomic E-state index is 0.140. The highest BCUT2D eigenvalue weighted by atomic mass is 16.6. The Kier molecular flexibility index (Phi) is 5.20. The van der Waals surface area contributed by atoms with Gasteiger partial charge in [-0.3, -0.25) is 0 Å². The molecule has 0 heterocycles. The third-order valence-corrected chi connectivity index (χ3v) is 3.00. The molecule has 0 aliphatic rings. The lowest BCUT2D eigenvalue weighted by atomic mass is 10.0. The van der Waals surface area contributed by atoms with Gasteiger partial charge in [0.25, 0.3) is 0 Å². The molecule has 1 N–H and O–H groups in total. The van der Waals surface area contributed by atoms with E-state index < -0.39 is 5.97 Å². The zero-order valence-corrected chi connectivity index (χ0v) is 12.4. The summed E-state index contributed by atoms with van der Waals surface area (Å²) in [5, 5.41) is 9.96. The van der Waals surface area contributed by atoms with Gasteiger partial charge in [-0.15, -0.1) is 0 Å². The van der Waals surface area contributed by atoms with E-state index >= 15 is 0 Å². The number of phenolic OH excluding ortho intramolecular Hbond substituents is 1. The van der Waals surface area contributed by atoms with E-state index in [1.54, 1.807) is 19.1 Å². The van der Waals surface area contributed by atoms with Crippen molar-refractivity contribution in [3.05, 3.63) is 60.7 Å². The predicted octanol–water partition coefficient (Wildman–Crippen LogP) is 3.56. The first kappa shape index (κ1) is 15.6. The molecule has 0 atom stereocenters. The minimum Gasteiger partial charge on any atom is -0.507 e. The van der Waals surface area contributed by atoms with Gasteiger partial charge in [0, 0.05) is 16.7 Å². The summed E-state index contributed by atoms with van der Waals surface area (Å²) in [7, 11) is 0. The monoisotopic (exact) mass is 298 g/mol. The number of rotatable bonds is 6. The molecule has 0 amide bonds. The Balaban J connectivity index is 2.05. The van der Waals surface area contributed by atoms with Crippen molar-refractivity contribution in [3.63, 3.8) is 0 Å². The molecule has 0 spiro atoms. The Hall–Kier alpha value is -2.75. The second kappa shape index (κ2) is 7.31. The van der Waals surface area contributed by atoms with Gasteiger partial charge in [0.2, 0.25) is 0 Å². The lowest BCUT2D eigenvalue weighted by Crippen LogP contribution is -2.12. The highest BCUT2D eigenvalue weighted by Crippen LogP contribution is 2.35. The Morgan fingerprint density at radius 2 is 1.68 bits per heavy atom. The topological polar surface area (TPSA) is 55.8 Å². The largest absolute Gasteiger partial charge is 0.507 e. The van der Waals surface area contributed by atoms with Crippen molar-refractivity contribution in [1.82, 2.24) is 0 Å². The molecular weight excluding hydrogens is 280 g/mol. The van der Waals surface area contributed by atoms with Crippen LogP contribution in [0.5, 0.6) is 11.5 Å². The van der Waals surface area contributed by atoms with Crippen LogP contribution >= 0.6 is 0 Å². The molecule has 0 aliphatic carbocycles. The fourth-order valence-corrected chi connectivity index (χ4v) is 1.93. The smallest absolute Gasteiger partial charge is 0.333 e. The summed E-state index contributed by atoms with van der Waals surface area (Å²) in [5.74, 6) is 0.375. The molecule has 0 unspecified atom stereocenters. The molecule has 0 bridgehead atoms. The SMILES string of the molecule is C=C(C)C(=O)OCCOc1ccccc1-c1ccccc1O. The molecular formula is C18H18O4. The van der Waals surface area contributed by atoms with Crippen molar-refractivity contribution in [2.45, 2.75) is 6.92 Å². The summed E-state index contributed by atoms with van der Waals surface area (Å²) >= 11 is 0. The van der Waals surface area contributed by atoms with Crippen molar-refractivity contribution < 1.29 is 19.4 Å². The van der Waals surface area contributed by atoms with E-state index in [0.29, 0.717) is 16.9 Å². The summed E-state index contributed by atoms with van der Waals surface area (Å²) in [6.45, 7) is 5.47. The molecule has 0 aliphatic heterocycles. The molecule has 0 fully saturated rings. The molecule has 4 heteroatoms. The summed E-state index contributed by atoms with van der Waals surface area (Å²) < 4.78 is 10.6. The molecule has 0 aromatic heterocycles. The average molecular weight is 298 g/mol. The van der Waals surface area contributed by atoms with Crippen molar-refractivity contribution in [3.8, 4) is 22.6 Å². The van der Waals surface area contributed by atoms with Crippen LogP contribution in [0.2, 0.25) is 0 Å². The first-order valence-corrected chi connectivity index (χ1v) is 6.92. The van der Waals surface area contributed by atoms with Gasteiger partial charge in [-0.05, 0) is 19.1 Å². The number of carbonyl (C=O) groups excluding carboxylic acids is 1. The molecule has 0 radical (unpaired) electrons. The van der Waals surface area contributed by atoms with E-state index in [2.05, 4.69) is 6.58 Å². The van der Waals surface area contributed by atoms with E-state index in [-0.39, 0.29) is 19.0 Å². The number of aromatic hydroxyl groups is 1. The summed E-state index contributed by atoms with van der Waals surface area (Å²) in [6.07, 6.45) is 0. The normalized spacial score (nSPS) is 10.0. The summed E-state index contributed by atoms with van der Waals surface area (Å²) in [4.78, 5) is 11.3. The average Bonchev–Trinajstić information content (AvgIpc) is 2.52. The number of phenols is 1. The van der Waals surface area contributed by atoms with Gasteiger partial charge in [0.05, 0.1) is 0 Å². The fraction of sp³-hybridized carbons (Fsp3) is 0.167. The maximum atomic E-state index is 11.3. The Morgan fingerprint density at radius 3 is 2.36 bits per heavy atom.